The fourth-order valence-corrected chi connectivity index (χ4v) is 17.9. The quantitative estimate of drug-likeness (QED) is 0.0580. The van der Waals surface area contributed by atoms with E-state index in [0.717, 1.165) is 128 Å². The molecule has 20 heteroatoms. The normalized spacial score (nSPS) is 17.8. The van der Waals surface area contributed by atoms with Crippen molar-refractivity contribution in [2.45, 2.75) is 313 Å². The minimum Gasteiger partial charge on any atom is -0.303 e. The van der Waals surface area contributed by atoms with E-state index in [-0.39, 0.29) is 0 Å². The Labute approximate surface area is 795 Å². The van der Waals surface area contributed by atoms with Gasteiger partial charge >= 0.3 is 0 Å². The van der Waals surface area contributed by atoms with Crippen LogP contribution in [0.4, 0.5) is 0 Å². The zero-order valence-electron chi connectivity index (χ0n) is 94.1. The fourth-order valence-electron chi connectivity index (χ4n) is 17.9. The predicted octanol–water partition coefficient (Wildman–Crippen LogP) is 16.7. The fraction of sp³-hybridized carbons (Fsp3) is 1.00. The summed E-state index contributed by atoms with van der Waals surface area (Å²) in [6.07, 6.45) is 0. The summed E-state index contributed by atoms with van der Waals surface area (Å²) < 4.78 is 0. The summed E-state index contributed by atoms with van der Waals surface area (Å²) in [6.45, 7) is 156. The molecule has 2 rings (SSSR count). The van der Waals surface area contributed by atoms with Crippen LogP contribution >= 0.6 is 0 Å². The molecule has 0 aliphatic carbocycles. The van der Waals surface area contributed by atoms with Crippen molar-refractivity contribution in [1.82, 2.24) is 98.0 Å². The molecule has 764 valence electrons. The highest BCUT2D eigenvalue weighted by Gasteiger charge is 2.29. The van der Waals surface area contributed by atoms with Crippen LogP contribution in [0.25, 0.3) is 0 Å². The minimum atomic E-state index is 0.668. The average molecular weight is 1800 g/mol. The van der Waals surface area contributed by atoms with Crippen LogP contribution in [0.1, 0.15) is 277 Å². The first-order chi connectivity index (χ1) is 60.1. The van der Waals surface area contributed by atoms with Crippen LogP contribution in [0, 0.1) is 35.5 Å². The molecule has 2 aliphatic rings. The van der Waals surface area contributed by atoms with Gasteiger partial charge in [-0.25, -0.2) is 0 Å². The lowest BCUT2D eigenvalue weighted by Gasteiger charge is -2.39. The van der Waals surface area contributed by atoms with Crippen molar-refractivity contribution in [3.05, 3.63) is 0 Å². The van der Waals surface area contributed by atoms with Crippen LogP contribution in [0.15, 0.2) is 0 Å². The van der Waals surface area contributed by atoms with Gasteiger partial charge in [0.05, 0.1) is 0 Å². The SMILES string of the molecule is CCN(CC)CCN(CC)C(CN(CC)CC)C(C)C.CCN(CC)CCN(CC)CC(C(C)C)N(CC)CC.CCN(CC)CCN(CC)CCN(CC)C(C)C(C)C.CCN(CC)CCN(CCN(CC)CC)C(C)C(C)C.CCN1CCN(CC)CCN(C(C)C(C)C)CCN(CC)CC1.CCN1CCN(CC)CCN(CC)C(C(C)C)CN(CC)CC1. The van der Waals surface area contributed by atoms with Crippen LogP contribution < -0.4 is 0 Å². The van der Waals surface area contributed by atoms with Crippen molar-refractivity contribution >= 4 is 0 Å². The molecular weight excluding hydrogens is 1550 g/mol. The average Bonchev–Trinajstić information content (AvgIpc) is 0.896. The molecule has 0 aromatic rings. The lowest BCUT2D eigenvalue weighted by atomic mass is 10.0. The Balaban J connectivity index is -0.000000710. The first-order valence-corrected chi connectivity index (χ1v) is 54.7. The zero-order valence-corrected chi connectivity index (χ0v) is 94.1. The lowest BCUT2D eigenvalue weighted by molar-refractivity contribution is 0.0837. The zero-order chi connectivity index (χ0) is 96.7. The Morgan fingerprint density at radius 3 is 0.730 bits per heavy atom. The van der Waals surface area contributed by atoms with E-state index < -0.39 is 0 Å². The maximum absolute atomic E-state index is 2.72. The van der Waals surface area contributed by atoms with Gasteiger partial charge < -0.3 is 68.6 Å². The van der Waals surface area contributed by atoms with Crippen molar-refractivity contribution in [3.8, 4) is 0 Å². The van der Waals surface area contributed by atoms with Gasteiger partial charge in [0.25, 0.3) is 0 Å². The third kappa shape index (κ3) is 60.6. The Bertz CT molecular complexity index is 2130. The highest BCUT2D eigenvalue weighted by Crippen LogP contribution is 2.19. The number of nitrogens with zero attached hydrogens (tertiary/aromatic N) is 20. The molecule has 0 aromatic carbocycles. The Kier molecular flexibility index (Phi) is 88.4. The maximum atomic E-state index is 2.72. The van der Waals surface area contributed by atoms with Gasteiger partial charge in [0.1, 0.15) is 0 Å². The molecule has 0 bridgehead atoms. The molecule has 2 heterocycles. The molecule has 6 unspecified atom stereocenters. The van der Waals surface area contributed by atoms with Crippen molar-refractivity contribution in [2.24, 2.45) is 35.5 Å². The molecule has 0 radical (unpaired) electrons. The summed E-state index contributed by atoms with van der Waals surface area (Å²) in [7, 11) is 0. The molecule has 2 aliphatic heterocycles. The minimum absolute atomic E-state index is 0.668. The summed E-state index contributed by atoms with van der Waals surface area (Å²) in [6, 6.07) is 4.05. The standard InChI is InChI=1S/2C19H42N4.4C17H39N3/c1-7-20-10-12-21(8-2)14-16-23(19(6)18(4)5)17-15-22(9-3)13-11-20;1-7-20-11-12-21(8-2)15-16-23(10-4)19(18(5)6)17-22(9-3)14-13-20;1-8-18(9-2)12-14-20(17(7)16(5)6)15-13-19(10-3)11-4;1-8-18(9-2)12-13-19(10-3)14-15-20(11-4)17(7)16(5)6;1-8-18(9-2)13-14-19(10-3)15-17(16(6)7)20(11-4)12-5;1-8-18(9-2)13-14-20(12-5)17(16(6)7)15-19(10-3)11-4/h2*18-19H,7-17H2,1-6H3;4*16-17H,8-15H2,1-7H3. The van der Waals surface area contributed by atoms with Crippen molar-refractivity contribution in [3.63, 3.8) is 0 Å². The van der Waals surface area contributed by atoms with Gasteiger partial charge in [-0.15, -0.1) is 0 Å². The number of hydrogen-bond donors (Lipinski definition) is 0. The molecule has 0 N–H and O–H groups in total. The van der Waals surface area contributed by atoms with E-state index in [9.17, 15) is 0 Å². The highest BCUT2D eigenvalue weighted by atomic mass is 15.3. The molecule has 2 saturated heterocycles. The van der Waals surface area contributed by atoms with Gasteiger partial charge in [-0.1, -0.05) is 256 Å². The smallest absolute Gasteiger partial charge is 0.0246 e. The second kappa shape index (κ2) is 84.7. The van der Waals surface area contributed by atoms with E-state index in [1.165, 1.54) is 249 Å². The molecule has 20 nitrogen and oxygen atoms in total. The summed E-state index contributed by atoms with van der Waals surface area (Å²) in [4.78, 5) is 52.2. The molecular formula is C106H240N20. The van der Waals surface area contributed by atoms with E-state index in [2.05, 4.69) is 375 Å². The molecule has 0 aromatic heterocycles. The Morgan fingerprint density at radius 2 is 0.452 bits per heavy atom. The molecule has 0 spiro atoms. The summed E-state index contributed by atoms with van der Waals surface area (Å²) >= 11 is 0. The molecule has 0 amide bonds. The highest BCUT2D eigenvalue weighted by molar-refractivity contribution is 4.85. The predicted molar refractivity (Wildman–Crippen MR) is 570 cm³/mol. The van der Waals surface area contributed by atoms with E-state index in [1.807, 2.05) is 0 Å². The van der Waals surface area contributed by atoms with E-state index in [4.69, 9.17) is 0 Å². The van der Waals surface area contributed by atoms with Crippen LogP contribution in [0.5, 0.6) is 0 Å². The Morgan fingerprint density at radius 1 is 0.206 bits per heavy atom. The number of hydrogen-bond acceptors (Lipinski definition) is 20. The summed E-state index contributed by atoms with van der Waals surface area (Å²) in [5.41, 5.74) is 0. The van der Waals surface area contributed by atoms with Crippen LogP contribution in [0.2, 0.25) is 0 Å². The van der Waals surface area contributed by atoms with Crippen LogP contribution in [-0.4, -0.2) is 488 Å². The second-order valence-corrected chi connectivity index (χ2v) is 38.6. The van der Waals surface area contributed by atoms with Gasteiger partial charge in [0.15, 0.2) is 0 Å². The van der Waals surface area contributed by atoms with E-state index in [0.29, 0.717) is 48.1 Å². The van der Waals surface area contributed by atoms with Gasteiger partial charge in [0, 0.05) is 226 Å². The van der Waals surface area contributed by atoms with Gasteiger partial charge in [-0.3, -0.25) is 29.4 Å². The largest absolute Gasteiger partial charge is 0.303 e. The van der Waals surface area contributed by atoms with E-state index >= 15 is 0 Å². The van der Waals surface area contributed by atoms with Gasteiger partial charge in [-0.05, 0) is 220 Å². The monoisotopic (exact) mass is 1790 g/mol. The van der Waals surface area contributed by atoms with Crippen LogP contribution in [0.3, 0.4) is 0 Å². The summed E-state index contributed by atoms with van der Waals surface area (Å²) in [5.74, 6) is 4.33. The molecule has 2 fully saturated rings. The third-order valence-electron chi connectivity index (χ3n) is 30.0. The van der Waals surface area contributed by atoms with Crippen molar-refractivity contribution < 1.29 is 0 Å². The summed E-state index contributed by atoms with van der Waals surface area (Å²) in [5, 5.41) is 0. The first kappa shape index (κ1) is 131. The third-order valence-corrected chi connectivity index (χ3v) is 30.0. The molecule has 0 saturated carbocycles. The number of likely N-dealkylation sites (N-methyl/N-ethyl adjacent to an activating group) is 18. The Hall–Kier alpha value is -0.800. The topological polar surface area (TPSA) is 64.8 Å². The van der Waals surface area contributed by atoms with Crippen molar-refractivity contribution in [2.75, 3.05) is 353 Å². The van der Waals surface area contributed by atoms with Gasteiger partial charge in [0.2, 0.25) is 0 Å². The molecule has 6 atom stereocenters. The second-order valence-electron chi connectivity index (χ2n) is 38.6. The van der Waals surface area contributed by atoms with Crippen molar-refractivity contribution in [1.29, 1.82) is 0 Å². The van der Waals surface area contributed by atoms with Gasteiger partial charge in [-0.2, -0.15) is 0 Å². The molecule has 126 heavy (non-hydrogen) atoms. The lowest BCUT2D eigenvalue weighted by Crippen LogP contribution is -2.51. The number of rotatable bonds is 58. The first-order valence-electron chi connectivity index (χ1n) is 54.7. The van der Waals surface area contributed by atoms with E-state index in [1.54, 1.807) is 0 Å². The maximum Gasteiger partial charge on any atom is 0.0246 e. The van der Waals surface area contributed by atoms with Crippen LogP contribution in [-0.2, 0) is 0 Å².